The van der Waals surface area contributed by atoms with Crippen molar-refractivity contribution in [3.63, 3.8) is 0 Å². The van der Waals surface area contributed by atoms with E-state index in [1.165, 1.54) is 5.56 Å². The van der Waals surface area contributed by atoms with E-state index in [0.29, 0.717) is 0 Å². The smallest absolute Gasteiger partial charge is 0.231 e. The summed E-state index contributed by atoms with van der Waals surface area (Å²) in [6, 6.07) is 12.3. The van der Waals surface area contributed by atoms with Gasteiger partial charge in [-0.3, -0.25) is 0 Å². The molecule has 1 aliphatic rings. The molecule has 3 rings (SSSR count). The van der Waals surface area contributed by atoms with Crippen molar-refractivity contribution in [2.45, 2.75) is 12.8 Å². The number of benzene rings is 2. The number of rotatable bonds is 5. The van der Waals surface area contributed by atoms with Crippen molar-refractivity contribution in [2.75, 3.05) is 13.9 Å². The van der Waals surface area contributed by atoms with Crippen LogP contribution in [0, 0.1) is 0 Å². The maximum absolute atomic E-state index is 5.65. The van der Waals surface area contributed by atoms with E-state index >= 15 is 0 Å². The summed E-state index contributed by atoms with van der Waals surface area (Å²) in [5.41, 5.74) is 3.32. The summed E-state index contributed by atoms with van der Waals surface area (Å²) in [5, 5.41) is 0. The molecule has 2 aromatic carbocycles. The highest BCUT2D eigenvalue weighted by Gasteiger charge is 2.24. The van der Waals surface area contributed by atoms with Crippen LogP contribution in [0.1, 0.15) is 16.7 Å². The van der Waals surface area contributed by atoms with Crippen LogP contribution in [0.5, 0.6) is 17.2 Å². The van der Waals surface area contributed by atoms with Crippen molar-refractivity contribution in [1.82, 2.24) is 0 Å². The molecule has 0 aliphatic carbocycles. The van der Waals surface area contributed by atoms with E-state index in [9.17, 15) is 0 Å². The summed E-state index contributed by atoms with van der Waals surface area (Å²) in [6.45, 7) is 4.07. The standard InChI is InChI=1S/C18H18O3/c1-3-7-14-11-16-18(21-12-20-16)15(17(14)19-2)10-13-8-5-4-6-9-13/h3-6,8-9,11H,1,7,10,12H2,2H3. The Labute approximate surface area is 124 Å². The average molecular weight is 282 g/mol. The van der Waals surface area contributed by atoms with Crippen LogP contribution in [0.15, 0.2) is 49.1 Å². The molecule has 1 aliphatic heterocycles. The minimum Gasteiger partial charge on any atom is -0.496 e. The Morgan fingerprint density at radius 3 is 2.76 bits per heavy atom. The lowest BCUT2D eigenvalue weighted by Gasteiger charge is -2.15. The molecule has 21 heavy (non-hydrogen) atoms. The molecule has 0 atom stereocenters. The van der Waals surface area contributed by atoms with Gasteiger partial charge in [-0.1, -0.05) is 36.4 Å². The van der Waals surface area contributed by atoms with Gasteiger partial charge >= 0.3 is 0 Å². The molecule has 0 fully saturated rings. The summed E-state index contributed by atoms with van der Waals surface area (Å²) in [5.74, 6) is 2.45. The summed E-state index contributed by atoms with van der Waals surface area (Å²) in [6.07, 6.45) is 3.36. The van der Waals surface area contributed by atoms with Crippen molar-refractivity contribution in [3.8, 4) is 17.2 Å². The molecule has 0 saturated carbocycles. The highest BCUT2D eigenvalue weighted by atomic mass is 16.7. The number of hydrogen-bond acceptors (Lipinski definition) is 3. The van der Waals surface area contributed by atoms with Gasteiger partial charge in [0.1, 0.15) is 5.75 Å². The predicted molar refractivity (Wildman–Crippen MR) is 82.3 cm³/mol. The molecule has 108 valence electrons. The molecule has 1 heterocycles. The summed E-state index contributed by atoms with van der Waals surface area (Å²) in [7, 11) is 1.69. The van der Waals surface area contributed by atoms with Gasteiger partial charge in [0, 0.05) is 17.5 Å². The minimum absolute atomic E-state index is 0.262. The molecule has 0 aromatic heterocycles. The van der Waals surface area contributed by atoms with Gasteiger partial charge in [0.15, 0.2) is 11.5 Å². The molecule has 2 aromatic rings. The van der Waals surface area contributed by atoms with E-state index in [1.807, 2.05) is 30.3 Å². The largest absolute Gasteiger partial charge is 0.496 e. The number of ether oxygens (including phenoxy) is 3. The maximum atomic E-state index is 5.65. The van der Waals surface area contributed by atoms with E-state index < -0.39 is 0 Å². The molecule has 0 amide bonds. The third kappa shape index (κ3) is 2.59. The molecule has 3 nitrogen and oxygen atoms in total. The first-order chi connectivity index (χ1) is 10.3. The molecule has 0 radical (unpaired) electrons. The number of hydrogen-bond donors (Lipinski definition) is 0. The number of fused-ring (bicyclic) bond motifs is 1. The van der Waals surface area contributed by atoms with Crippen molar-refractivity contribution in [3.05, 3.63) is 65.7 Å². The van der Waals surface area contributed by atoms with Gasteiger partial charge in [-0.05, 0) is 18.1 Å². The lowest BCUT2D eigenvalue weighted by molar-refractivity contribution is 0.173. The minimum atomic E-state index is 0.262. The van der Waals surface area contributed by atoms with Crippen LogP contribution >= 0.6 is 0 Å². The SMILES string of the molecule is C=CCc1cc2c(c(Cc3ccccc3)c1OC)OCO2. The first kappa shape index (κ1) is 13.6. The van der Waals surface area contributed by atoms with Crippen molar-refractivity contribution in [2.24, 2.45) is 0 Å². The number of methoxy groups -OCH3 is 1. The Kier molecular flexibility index (Phi) is 3.82. The monoisotopic (exact) mass is 282 g/mol. The third-order valence-electron chi connectivity index (χ3n) is 3.58. The first-order valence-corrected chi connectivity index (χ1v) is 6.96. The Morgan fingerprint density at radius 2 is 2.05 bits per heavy atom. The van der Waals surface area contributed by atoms with Crippen molar-refractivity contribution < 1.29 is 14.2 Å². The zero-order valence-corrected chi connectivity index (χ0v) is 12.1. The number of allylic oxidation sites excluding steroid dienone is 1. The Hall–Kier alpha value is -2.42. The van der Waals surface area contributed by atoms with Gasteiger partial charge in [0.2, 0.25) is 6.79 Å². The highest BCUT2D eigenvalue weighted by Crippen LogP contribution is 2.44. The van der Waals surface area contributed by atoms with E-state index in [2.05, 4.69) is 18.7 Å². The maximum Gasteiger partial charge on any atom is 0.231 e. The van der Waals surface area contributed by atoms with Crippen molar-refractivity contribution in [1.29, 1.82) is 0 Å². The van der Waals surface area contributed by atoms with Crippen LogP contribution < -0.4 is 14.2 Å². The van der Waals surface area contributed by atoms with Crippen molar-refractivity contribution >= 4 is 0 Å². The van der Waals surface area contributed by atoms with Gasteiger partial charge in [-0.25, -0.2) is 0 Å². The van der Waals surface area contributed by atoms with Crippen LogP contribution in [-0.4, -0.2) is 13.9 Å². The van der Waals surface area contributed by atoms with Crippen LogP contribution in [0.4, 0.5) is 0 Å². The summed E-state index contributed by atoms with van der Waals surface area (Å²) < 4.78 is 16.8. The second-order valence-electron chi connectivity index (χ2n) is 4.94. The lowest BCUT2D eigenvalue weighted by atomic mass is 9.98. The Balaban J connectivity index is 2.10. The molecule has 3 heteroatoms. The second-order valence-corrected chi connectivity index (χ2v) is 4.94. The highest BCUT2D eigenvalue weighted by molar-refractivity contribution is 5.60. The lowest BCUT2D eigenvalue weighted by Crippen LogP contribution is -2.00. The molecule has 0 unspecified atom stereocenters. The fourth-order valence-electron chi connectivity index (χ4n) is 2.67. The van der Waals surface area contributed by atoms with Gasteiger partial charge in [-0.2, -0.15) is 0 Å². The van der Waals surface area contributed by atoms with Crippen LogP contribution in [0.25, 0.3) is 0 Å². The zero-order chi connectivity index (χ0) is 14.7. The Bertz CT molecular complexity index is 647. The second kappa shape index (κ2) is 5.92. The molecular formula is C18H18O3. The molecule has 0 spiro atoms. The fraction of sp³-hybridized carbons (Fsp3) is 0.222. The molecule has 0 N–H and O–H groups in total. The van der Waals surface area contributed by atoms with E-state index in [0.717, 1.165) is 41.2 Å². The third-order valence-corrected chi connectivity index (χ3v) is 3.58. The van der Waals surface area contributed by atoms with E-state index in [4.69, 9.17) is 14.2 Å². The summed E-state index contributed by atoms with van der Waals surface area (Å²) in [4.78, 5) is 0. The average Bonchev–Trinajstić information content (AvgIpc) is 2.97. The molecule has 0 saturated heterocycles. The molecule has 0 bridgehead atoms. The van der Waals surface area contributed by atoms with Gasteiger partial charge in [-0.15, -0.1) is 6.58 Å². The predicted octanol–water partition coefficient (Wildman–Crippen LogP) is 3.74. The van der Waals surface area contributed by atoms with E-state index in [-0.39, 0.29) is 6.79 Å². The molecular weight excluding hydrogens is 264 g/mol. The van der Waals surface area contributed by atoms with Gasteiger partial charge in [0.05, 0.1) is 7.11 Å². The van der Waals surface area contributed by atoms with Crippen LogP contribution in [0.2, 0.25) is 0 Å². The van der Waals surface area contributed by atoms with Crippen LogP contribution in [-0.2, 0) is 12.8 Å². The quantitative estimate of drug-likeness (QED) is 0.782. The summed E-state index contributed by atoms with van der Waals surface area (Å²) >= 11 is 0. The first-order valence-electron chi connectivity index (χ1n) is 6.96. The van der Waals surface area contributed by atoms with Gasteiger partial charge < -0.3 is 14.2 Å². The van der Waals surface area contributed by atoms with Gasteiger partial charge in [0.25, 0.3) is 0 Å². The normalized spacial score (nSPS) is 12.2. The fourth-order valence-corrected chi connectivity index (χ4v) is 2.67. The van der Waals surface area contributed by atoms with E-state index in [1.54, 1.807) is 7.11 Å². The zero-order valence-electron chi connectivity index (χ0n) is 12.1. The Morgan fingerprint density at radius 1 is 1.24 bits per heavy atom. The van der Waals surface area contributed by atoms with Crippen LogP contribution in [0.3, 0.4) is 0 Å². The topological polar surface area (TPSA) is 27.7 Å².